The summed E-state index contributed by atoms with van der Waals surface area (Å²) >= 11 is 0. The second kappa shape index (κ2) is 6.22. The number of halogens is 3. The molecule has 0 fully saturated rings. The molecule has 0 N–H and O–H groups in total. The Hall–Kier alpha value is -0.433. The summed E-state index contributed by atoms with van der Waals surface area (Å²) in [6.45, 7) is 0.574. The normalized spacial score (nSPS) is 13.1. The zero-order valence-corrected chi connectivity index (χ0v) is 8.75. The molecule has 0 aliphatic carbocycles. The fourth-order valence-electron chi connectivity index (χ4n) is 1.08. The van der Waals surface area contributed by atoms with Crippen molar-refractivity contribution in [1.82, 2.24) is 0 Å². The molecule has 0 radical (unpaired) electrons. The molecule has 1 aromatic rings. The second-order valence-corrected chi connectivity index (χ2v) is 3.04. The van der Waals surface area contributed by atoms with Crippen molar-refractivity contribution in [3.63, 3.8) is 0 Å². The van der Waals surface area contributed by atoms with Crippen molar-refractivity contribution in [2.75, 3.05) is 6.54 Å². The van der Waals surface area contributed by atoms with Gasteiger partial charge in [-0.3, -0.25) is 0 Å². The number of rotatable bonds is 3. The van der Waals surface area contributed by atoms with E-state index < -0.39 is 18.8 Å². The third-order valence-corrected chi connectivity index (χ3v) is 1.83. The largest absolute Gasteiger partial charge is 1.00 e. The van der Waals surface area contributed by atoms with Crippen molar-refractivity contribution in [1.29, 1.82) is 0 Å². The molecule has 5 heteroatoms. The molecule has 0 aliphatic rings. The van der Waals surface area contributed by atoms with Crippen LogP contribution < -0.4 is 18.9 Å². The number of hydrogen-bond acceptors (Lipinski definition) is 0. The summed E-state index contributed by atoms with van der Waals surface area (Å²) in [5.41, 5.74) is 0.803. The Morgan fingerprint density at radius 1 is 1.20 bits per heavy atom. The minimum atomic E-state index is -4.21. The smallest absolute Gasteiger partial charge is 0.649 e. The predicted octanol–water partition coefficient (Wildman–Crippen LogP) is 0.688. The van der Waals surface area contributed by atoms with Gasteiger partial charge in [-0.05, 0) is 6.54 Å². The Kier molecular flexibility index (Phi) is 6.04. The fourth-order valence-corrected chi connectivity index (χ4v) is 1.08. The SMILES string of the molecule is C[C@@H]([N-]CC(F)(F)F)c1ccccc1.[Li+]. The first kappa shape index (κ1) is 14.6. The summed E-state index contributed by atoms with van der Waals surface area (Å²) < 4.78 is 35.5. The van der Waals surface area contributed by atoms with Crippen molar-refractivity contribution in [2.24, 2.45) is 0 Å². The van der Waals surface area contributed by atoms with Gasteiger partial charge < -0.3 is 5.32 Å². The van der Waals surface area contributed by atoms with Gasteiger partial charge in [0.2, 0.25) is 0 Å². The van der Waals surface area contributed by atoms with Crippen molar-refractivity contribution < 1.29 is 32.0 Å². The van der Waals surface area contributed by atoms with Crippen molar-refractivity contribution >= 4 is 0 Å². The monoisotopic (exact) mass is 209 g/mol. The van der Waals surface area contributed by atoms with Crippen LogP contribution in [0.3, 0.4) is 0 Å². The maximum absolute atomic E-state index is 11.8. The van der Waals surface area contributed by atoms with Gasteiger partial charge >= 0.3 is 25.0 Å². The molecule has 0 saturated carbocycles. The van der Waals surface area contributed by atoms with Gasteiger partial charge in [0, 0.05) is 0 Å². The van der Waals surface area contributed by atoms with E-state index in [-0.39, 0.29) is 18.9 Å². The summed E-state index contributed by atoms with van der Waals surface area (Å²) in [5.74, 6) is 0. The van der Waals surface area contributed by atoms with Gasteiger partial charge in [-0.25, -0.2) is 0 Å². The molecule has 1 rings (SSSR count). The van der Waals surface area contributed by atoms with Crippen LogP contribution in [0.2, 0.25) is 0 Å². The molecular formula is C10H11F3LiN. The Morgan fingerprint density at radius 3 is 2.20 bits per heavy atom. The third-order valence-electron chi connectivity index (χ3n) is 1.83. The molecule has 1 nitrogen and oxygen atoms in total. The fraction of sp³-hybridized carbons (Fsp3) is 0.400. The summed E-state index contributed by atoms with van der Waals surface area (Å²) in [4.78, 5) is 0. The Balaban J connectivity index is 0.00000196. The van der Waals surface area contributed by atoms with Gasteiger partial charge in [0.15, 0.2) is 0 Å². The van der Waals surface area contributed by atoms with Gasteiger partial charge in [-0.15, -0.1) is 6.04 Å². The molecule has 0 heterocycles. The molecule has 1 atom stereocenters. The van der Waals surface area contributed by atoms with Crippen LogP contribution in [-0.4, -0.2) is 12.7 Å². The van der Waals surface area contributed by atoms with Gasteiger partial charge in [0.25, 0.3) is 0 Å². The molecule has 1 aromatic carbocycles. The summed E-state index contributed by atoms with van der Waals surface area (Å²) in [6.07, 6.45) is -4.21. The van der Waals surface area contributed by atoms with Crippen LogP contribution in [0.25, 0.3) is 5.32 Å². The van der Waals surface area contributed by atoms with E-state index in [0.717, 1.165) is 5.56 Å². The number of benzene rings is 1. The third kappa shape index (κ3) is 5.88. The maximum Gasteiger partial charge on any atom is 1.00 e. The van der Waals surface area contributed by atoms with Gasteiger partial charge in [0.05, 0.1) is 0 Å². The molecule has 0 aromatic heterocycles. The molecule has 0 unspecified atom stereocenters. The average Bonchev–Trinajstić information content (AvgIpc) is 2.14. The van der Waals surface area contributed by atoms with E-state index >= 15 is 0 Å². The van der Waals surface area contributed by atoms with Gasteiger partial charge in [-0.2, -0.15) is 13.2 Å². The van der Waals surface area contributed by atoms with Crippen LogP contribution in [-0.2, 0) is 0 Å². The first-order valence-corrected chi connectivity index (χ1v) is 4.27. The summed E-state index contributed by atoms with van der Waals surface area (Å²) in [6, 6.07) is 8.52. The molecule has 15 heavy (non-hydrogen) atoms. The van der Waals surface area contributed by atoms with Crippen LogP contribution in [0.5, 0.6) is 0 Å². The van der Waals surface area contributed by atoms with E-state index in [9.17, 15) is 13.2 Å². The van der Waals surface area contributed by atoms with E-state index in [2.05, 4.69) is 5.32 Å². The topological polar surface area (TPSA) is 14.1 Å². The molecule has 0 aliphatic heterocycles. The Morgan fingerprint density at radius 2 is 1.73 bits per heavy atom. The molecule has 0 saturated heterocycles. The quantitative estimate of drug-likeness (QED) is 0.650. The van der Waals surface area contributed by atoms with Crippen molar-refractivity contribution in [3.05, 3.63) is 41.2 Å². The average molecular weight is 209 g/mol. The number of hydrogen-bond donors (Lipinski definition) is 0. The molecule has 0 spiro atoms. The van der Waals surface area contributed by atoms with Crippen LogP contribution in [0, 0.1) is 0 Å². The predicted molar refractivity (Wildman–Crippen MR) is 49.1 cm³/mol. The minimum Gasteiger partial charge on any atom is -0.649 e. The van der Waals surface area contributed by atoms with E-state index in [1.54, 1.807) is 31.2 Å². The zero-order valence-electron chi connectivity index (χ0n) is 8.75. The summed E-state index contributed by atoms with van der Waals surface area (Å²) in [5, 5.41) is 3.54. The van der Waals surface area contributed by atoms with E-state index in [0.29, 0.717) is 0 Å². The van der Waals surface area contributed by atoms with E-state index in [1.807, 2.05) is 6.07 Å². The van der Waals surface area contributed by atoms with Crippen LogP contribution in [0.4, 0.5) is 13.2 Å². The Bertz CT molecular complexity index is 274. The van der Waals surface area contributed by atoms with Crippen LogP contribution in [0.1, 0.15) is 18.5 Å². The standard InChI is InChI=1S/C10H11F3N.Li/c1-8(14-7-10(11,12)13)9-5-3-2-4-6-9;/h2-6,8H,7H2,1H3;/q-1;+1/t8-;/m1./s1. The van der Waals surface area contributed by atoms with Crippen molar-refractivity contribution in [3.8, 4) is 0 Å². The molecule has 0 amide bonds. The van der Waals surface area contributed by atoms with Gasteiger partial charge in [-0.1, -0.05) is 42.8 Å². The molecular weight excluding hydrogens is 198 g/mol. The Labute approximate surface area is 99.2 Å². The number of nitrogens with zero attached hydrogens (tertiary/aromatic N) is 1. The van der Waals surface area contributed by atoms with Crippen LogP contribution >= 0.6 is 0 Å². The van der Waals surface area contributed by atoms with Crippen molar-refractivity contribution in [2.45, 2.75) is 19.1 Å². The molecule has 0 bridgehead atoms. The zero-order chi connectivity index (χ0) is 10.6. The van der Waals surface area contributed by atoms with E-state index in [1.165, 1.54) is 0 Å². The summed E-state index contributed by atoms with van der Waals surface area (Å²) in [7, 11) is 0. The number of alkyl halides is 3. The first-order chi connectivity index (χ1) is 6.49. The van der Waals surface area contributed by atoms with Gasteiger partial charge in [0.1, 0.15) is 0 Å². The minimum absolute atomic E-state index is 0. The maximum atomic E-state index is 11.8. The van der Waals surface area contributed by atoms with E-state index in [4.69, 9.17) is 0 Å². The first-order valence-electron chi connectivity index (χ1n) is 4.27. The van der Waals surface area contributed by atoms with Crippen LogP contribution in [0.15, 0.2) is 30.3 Å². The second-order valence-electron chi connectivity index (χ2n) is 3.04. The molecule has 78 valence electrons.